The molecular weight excluding hydrogens is 329 g/mol. The molecule has 0 radical (unpaired) electrons. The minimum absolute atomic E-state index is 0.115. The summed E-state index contributed by atoms with van der Waals surface area (Å²) in [4.78, 5) is 11.9. The molecule has 1 aromatic rings. The van der Waals surface area contributed by atoms with Crippen molar-refractivity contribution in [2.45, 2.75) is 25.4 Å². The van der Waals surface area contributed by atoms with E-state index in [-0.39, 0.29) is 5.91 Å². The van der Waals surface area contributed by atoms with Crippen LogP contribution in [0, 0.1) is 9.49 Å². The molecule has 3 nitrogen and oxygen atoms in total. The van der Waals surface area contributed by atoms with Gasteiger partial charge in [0.25, 0.3) is 5.91 Å². The second-order valence-electron chi connectivity index (χ2n) is 4.79. The first-order chi connectivity index (χ1) is 8.00. The predicted molar refractivity (Wildman–Crippen MR) is 74.8 cm³/mol. The summed E-state index contributed by atoms with van der Waals surface area (Å²) in [6.45, 7) is 2.11. The summed E-state index contributed by atoms with van der Waals surface area (Å²) in [6.07, 6.45) is 2.12. The quantitative estimate of drug-likeness (QED) is 0.822. The maximum Gasteiger partial charge on any atom is 0.252 e. The number of aliphatic hydroxyl groups is 1. The summed E-state index contributed by atoms with van der Waals surface area (Å²) in [7, 11) is 0. The maximum atomic E-state index is 11.9. The van der Waals surface area contributed by atoms with E-state index in [1.165, 1.54) is 0 Å². The molecule has 92 valence electrons. The number of carbonyl (C=O) groups excluding carboxylic acids is 1. The fourth-order valence-electron chi connectivity index (χ4n) is 1.85. The Morgan fingerprint density at radius 2 is 2.18 bits per heavy atom. The lowest BCUT2D eigenvalue weighted by Gasteiger charge is -2.23. The van der Waals surface area contributed by atoms with Gasteiger partial charge < -0.3 is 10.4 Å². The minimum Gasteiger partial charge on any atom is -0.388 e. The number of benzene rings is 1. The van der Waals surface area contributed by atoms with Crippen LogP contribution < -0.4 is 5.32 Å². The van der Waals surface area contributed by atoms with E-state index in [1.807, 2.05) is 18.2 Å². The molecule has 1 aromatic carbocycles. The fourth-order valence-corrected chi connectivity index (χ4v) is 2.48. The average Bonchev–Trinajstić information content (AvgIpc) is 3.11. The largest absolute Gasteiger partial charge is 0.388 e. The Labute approximate surface area is 115 Å². The van der Waals surface area contributed by atoms with Crippen LogP contribution in [0.25, 0.3) is 0 Å². The highest BCUT2D eigenvalue weighted by atomic mass is 127. The SMILES string of the molecule is CC(O)(CNC(=O)c1ccccc1I)C1CC1. The third kappa shape index (κ3) is 3.19. The molecule has 0 spiro atoms. The van der Waals surface area contributed by atoms with E-state index < -0.39 is 5.60 Å². The fraction of sp³-hybridized carbons (Fsp3) is 0.462. The van der Waals surface area contributed by atoms with Gasteiger partial charge in [0.2, 0.25) is 0 Å². The molecular formula is C13H16INO2. The number of nitrogens with one attached hydrogen (secondary N) is 1. The van der Waals surface area contributed by atoms with Crippen molar-refractivity contribution >= 4 is 28.5 Å². The van der Waals surface area contributed by atoms with E-state index in [0.29, 0.717) is 18.0 Å². The van der Waals surface area contributed by atoms with Crippen molar-refractivity contribution in [1.82, 2.24) is 5.32 Å². The van der Waals surface area contributed by atoms with Gasteiger partial charge in [-0.1, -0.05) is 12.1 Å². The molecule has 17 heavy (non-hydrogen) atoms. The molecule has 0 aromatic heterocycles. The van der Waals surface area contributed by atoms with Gasteiger partial charge in [-0.2, -0.15) is 0 Å². The summed E-state index contributed by atoms with van der Waals surface area (Å²) in [5.41, 5.74) is -0.102. The standard InChI is InChI=1S/C13H16INO2/c1-13(17,9-6-7-9)8-15-12(16)10-4-2-3-5-11(10)14/h2-5,9,17H,6-8H2,1H3,(H,15,16). The molecule has 1 atom stereocenters. The number of amides is 1. The normalized spacial score (nSPS) is 18.5. The highest BCUT2D eigenvalue weighted by Gasteiger charge is 2.39. The van der Waals surface area contributed by atoms with Gasteiger partial charge in [0.1, 0.15) is 0 Å². The van der Waals surface area contributed by atoms with Crippen molar-refractivity contribution in [2.24, 2.45) is 5.92 Å². The van der Waals surface area contributed by atoms with Crippen molar-refractivity contribution in [2.75, 3.05) is 6.54 Å². The van der Waals surface area contributed by atoms with Crippen LogP contribution in [0.2, 0.25) is 0 Å². The lowest BCUT2D eigenvalue weighted by Crippen LogP contribution is -2.42. The van der Waals surface area contributed by atoms with Gasteiger partial charge >= 0.3 is 0 Å². The predicted octanol–water partition coefficient (Wildman–Crippen LogP) is 2.18. The molecule has 1 aliphatic rings. The number of halogens is 1. The van der Waals surface area contributed by atoms with Crippen LogP contribution in [0.3, 0.4) is 0 Å². The third-order valence-corrected chi connectivity index (χ3v) is 4.12. The average molecular weight is 345 g/mol. The van der Waals surface area contributed by atoms with E-state index in [4.69, 9.17) is 0 Å². The van der Waals surface area contributed by atoms with Crippen LogP contribution in [0.15, 0.2) is 24.3 Å². The molecule has 2 rings (SSSR count). The molecule has 0 bridgehead atoms. The lowest BCUT2D eigenvalue weighted by atomic mass is 10.0. The van der Waals surface area contributed by atoms with Crippen LogP contribution in [0.5, 0.6) is 0 Å². The Balaban J connectivity index is 1.96. The van der Waals surface area contributed by atoms with Gasteiger partial charge in [-0.25, -0.2) is 0 Å². The molecule has 1 amide bonds. The zero-order valence-corrected chi connectivity index (χ0v) is 11.9. The Hall–Kier alpha value is -0.620. The van der Waals surface area contributed by atoms with Crippen molar-refractivity contribution in [3.63, 3.8) is 0 Å². The van der Waals surface area contributed by atoms with E-state index in [0.717, 1.165) is 16.4 Å². The van der Waals surface area contributed by atoms with Gasteiger partial charge in [-0.05, 0) is 60.4 Å². The molecule has 1 aliphatic carbocycles. The molecule has 1 unspecified atom stereocenters. The first-order valence-electron chi connectivity index (χ1n) is 5.76. The molecule has 0 saturated heterocycles. The Morgan fingerprint density at radius 3 is 2.76 bits per heavy atom. The van der Waals surface area contributed by atoms with Crippen LogP contribution in [0.1, 0.15) is 30.1 Å². The van der Waals surface area contributed by atoms with Crippen molar-refractivity contribution in [3.05, 3.63) is 33.4 Å². The monoisotopic (exact) mass is 345 g/mol. The van der Waals surface area contributed by atoms with Gasteiger partial charge in [0.05, 0.1) is 11.2 Å². The van der Waals surface area contributed by atoms with Gasteiger partial charge in [0.15, 0.2) is 0 Å². The minimum atomic E-state index is -0.768. The number of hydrogen-bond donors (Lipinski definition) is 2. The molecule has 1 fully saturated rings. The van der Waals surface area contributed by atoms with Crippen LogP contribution in [-0.2, 0) is 0 Å². The molecule has 2 N–H and O–H groups in total. The summed E-state index contributed by atoms with van der Waals surface area (Å²) < 4.78 is 0.925. The smallest absolute Gasteiger partial charge is 0.252 e. The Kier molecular flexibility index (Phi) is 3.73. The Morgan fingerprint density at radius 1 is 1.53 bits per heavy atom. The second-order valence-corrected chi connectivity index (χ2v) is 5.96. The lowest BCUT2D eigenvalue weighted by molar-refractivity contribution is 0.0354. The van der Waals surface area contributed by atoms with Crippen LogP contribution in [0.4, 0.5) is 0 Å². The summed E-state index contributed by atoms with van der Waals surface area (Å²) in [5, 5.41) is 12.9. The first kappa shape index (κ1) is 12.8. The molecule has 0 heterocycles. The van der Waals surface area contributed by atoms with E-state index in [1.54, 1.807) is 13.0 Å². The summed E-state index contributed by atoms with van der Waals surface area (Å²) in [5.74, 6) is 0.230. The van der Waals surface area contributed by atoms with Gasteiger partial charge in [-0.15, -0.1) is 0 Å². The van der Waals surface area contributed by atoms with Crippen molar-refractivity contribution in [3.8, 4) is 0 Å². The first-order valence-corrected chi connectivity index (χ1v) is 6.84. The van der Waals surface area contributed by atoms with Gasteiger partial charge in [-0.3, -0.25) is 4.79 Å². The Bertz CT molecular complexity index is 427. The maximum absolute atomic E-state index is 11.9. The topological polar surface area (TPSA) is 49.3 Å². The highest BCUT2D eigenvalue weighted by molar-refractivity contribution is 14.1. The van der Waals surface area contributed by atoms with Gasteiger partial charge in [0, 0.05) is 10.1 Å². The molecule has 0 aliphatic heterocycles. The van der Waals surface area contributed by atoms with E-state index in [9.17, 15) is 9.90 Å². The summed E-state index contributed by atoms with van der Waals surface area (Å²) in [6, 6.07) is 7.44. The van der Waals surface area contributed by atoms with Crippen LogP contribution in [-0.4, -0.2) is 23.2 Å². The van der Waals surface area contributed by atoms with Crippen molar-refractivity contribution < 1.29 is 9.90 Å². The highest BCUT2D eigenvalue weighted by Crippen LogP contribution is 2.39. The molecule has 4 heteroatoms. The number of carbonyl (C=O) groups is 1. The summed E-state index contributed by atoms with van der Waals surface area (Å²) >= 11 is 2.14. The zero-order chi connectivity index (χ0) is 12.5. The number of rotatable bonds is 4. The third-order valence-electron chi connectivity index (χ3n) is 3.18. The van der Waals surface area contributed by atoms with Crippen LogP contribution >= 0.6 is 22.6 Å². The van der Waals surface area contributed by atoms with E-state index in [2.05, 4.69) is 27.9 Å². The van der Waals surface area contributed by atoms with E-state index >= 15 is 0 Å². The zero-order valence-electron chi connectivity index (χ0n) is 9.74. The molecule has 1 saturated carbocycles. The second kappa shape index (κ2) is 4.94. The van der Waals surface area contributed by atoms with Crippen molar-refractivity contribution in [1.29, 1.82) is 0 Å². The number of hydrogen-bond acceptors (Lipinski definition) is 2.